The van der Waals surface area contributed by atoms with Crippen LogP contribution in [0.1, 0.15) is 0 Å². The van der Waals surface area contributed by atoms with Crippen molar-refractivity contribution in [3.63, 3.8) is 0 Å². The van der Waals surface area contributed by atoms with Gasteiger partial charge in [0, 0.05) is 43.8 Å². The number of pyridine rings is 1. The molecule has 0 amide bonds. The van der Waals surface area contributed by atoms with E-state index in [1.54, 1.807) is 4.68 Å². The van der Waals surface area contributed by atoms with Crippen LogP contribution in [-0.4, -0.2) is 14.8 Å². The van der Waals surface area contributed by atoms with E-state index in [0.717, 1.165) is 39.6 Å². The zero-order valence-electron chi connectivity index (χ0n) is 22.9. The van der Waals surface area contributed by atoms with Gasteiger partial charge < -0.3 is 9.30 Å². The summed E-state index contributed by atoms with van der Waals surface area (Å²) in [5, 5.41) is 4.88. The van der Waals surface area contributed by atoms with Gasteiger partial charge in [0.1, 0.15) is 0 Å². The molecule has 0 saturated heterocycles. The smallest absolute Gasteiger partial charge is 0.231 e. The molecule has 6 heteroatoms. The van der Waals surface area contributed by atoms with E-state index in [1.807, 2.05) is 138 Å². The Hall–Kier alpha value is -5.12. The normalized spacial score (nSPS) is 10.6. The Morgan fingerprint density at radius 2 is 1.16 bits per heavy atom. The van der Waals surface area contributed by atoms with Gasteiger partial charge >= 0.3 is 0 Å². The number of hydrogen-bond donors (Lipinski definition) is 0. The van der Waals surface area contributed by atoms with E-state index in [2.05, 4.69) is 30.6 Å². The molecular weight excluding hydrogens is 712 g/mol. The van der Waals surface area contributed by atoms with Crippen LogP contribution >= 0.6 is 0 Å². The zero-order valence-corrected chi connectivity index (χ0v) is 25.1. The van der Waals surface area contributed by atoms with E-state index in [9.17, 15) is 0 Å². The van der Waals surface area contributed by atoms with Crippen molar-refractivity contribution in [1.29, 1.82) is 0 Å². The van der Waals surface area contributed by atoms with Crippen LogP contribution in [-0.2, 0) is 21.1 Å². The molecule has 43 heavy (non-hydrogen) atoms. The molecule has 0 aliphatic heterocycles. The molecule has 5 aromatic carbocycles. The van der Waals surface area contributed by atoms with Crippen LogP contribution in [0.4, 0.5) is 0 Å². The first-order valence-electron chi connectivity index (χ1n) is 13.6. The summed E-state index contributed by atoms with van der Waals surface area (Å²) in [5.41, 5.74) is 6.30. The molecule has 0 fully saturated rings. The van der Waals surface area contributed by atoms with Gasteiger partial charge in [0.25, 0.3) is 0 Å². The molecule has 0 radical (unpaired) electrons. The summed E-state index contributed by atoms with van der Waals surface area (Å²) in [6.07, 6.45) is 3.37. The summed E-state index contributed by atoms with van der Waals surface area (Å²) in [6.45, 7) is 0. The molecule has 0 spiro atoms. The Bertz CT molecular complexity index is 1900. The van der Waals surface area contributed by atoms with Crippen LogP contribution in [0.15, 0.2) is 146 Å². The van der Waals surface area contributed by atoms with E-state index in [-0.39, 0.29) is 21.1 Å². The van der Waals surface area contributed by atoms with Crippen LogP contribution in [0.3, 0.4) is 0 Å². The average Bonchev–Trinajstić information content (AvgIpc) is 3.52. The third kappa shape index (κ3) is 6.23. The number of benzene rings is 5. The molecule has 0 N–H and O–H groups in total. The second kappa shape index (κ2) is 12.8. The van der Waals surface area contributed by atoms with Crippen molar-refractivity contribution in [2.24, 2.45) is 0 Å². The summed E-state index contributed by atoms with van der Waals surface area (Å²) >= 11 is 0. The van der Waals surface area contributed by atoms with Crippen LogP contribution in [0.5, 0.6) is 11.5 Å². The molecular formula is C37H24N4OPt-2. The fourth-order valence-electron chi connectivity index (χ4n) is 4.69. The topological polar surface area (TPSA) is 43.8 Å². The maximum atomic E-state index is 6.22. The van der Waals surface area contributed by atoms with Gasteiger partial charge in [-0.3, -0.25) is 4.98 Å². The van der Waals surface area contributed by atoms with Crippen LogP contribution in [0.2, 0.25) is 0 Å². The molecule has 0 saturated carbocycles. The fraction of sp³-hybridized carbons (Fsp3) is 0. The van der Waals surface area contributed by atoms with E-state index < -0.39 is 0 Å². The summed E-state index contributed by atoms with van der Waals surface area (Å²) in [5.74, 6) is 1.89. The van der Waals surface area contributed by atoms with Gasteiger partial charge in [0.15, 0.2) is 0 Å². The van der Waals surface area contributed by atoms with E-state index in [1.165, 1.54) is 0 Å². The van der Waals surface area contributed by atoms with Gasteiger partial charge in [-0.1, -0.05) is 109 Å². The quantitative estimate of drug-likeness (QED) is 0.124. The summed E-state index contributed by atoms with van der Waals surface area (Å²) < 4.78 is 9.87. The molecule has 0 atom stereocenters. The van der Waals surface area contributed by atoms with Crippen molar-refractivity contribution in [3.05, 3.63) is 164 Å². The molecule has 0 aliphatic carbocycles. The molecule has 0 aliphatic rings. The van der Waals surface area contributed by atoms with Gasteiger partial charge in [0.2, 0.25) is 12.2 Å². The van der Waals surface area contributed by atoms with Gasteiger partial charge in [-0.25, -0.2) is 0 Å². The third-order valence-electron chi connectivity index (χ3n) is 6.71. The maximum Gasteiger partial charge on any atom is 0.231 e. The van der Waals surface area contributed by atoms with Crippen molar-refractivity contribution in [2.45, 2.75) is 0 Å². The first-order valence-corrected chi connectivity index (χ1v) is 13.6. The largest absolute Gasteiger partial charge is 0.504 e. The van der Waals surface area contributed by atoms with Crippen molar-refractivity contribution in [2.75, 3.05) is 0 Å². The Labute approximate surface area is 265 Å². The number of aromatic nitrogens is 4. The van der Waals surface area contributed by atoms with Crippen molar-refractivity contribution >= 4 is 0 Å². The SMILES string of the molecule is [Pt].[c-]1c(Oc2[c-]c(-n3[c-][n+](-c4ccccc4)c(-c4ccccc4)n3)ccc2)cccc1-c1cccc(-c2ccccc2)n1. The fourth-order valence-corrected chi connectivity index (χ4v) is 4.69. The van der Waals surface area contributed by atoms with Crippen LogP contribution < -0.4 is 9.30 Å². The summed E-state index contributed by atoms with van der Waals surface area (Å²) in [7, 11) is 0. The van der Waals surface area contributed by atoms with Gasteiger partial charge in [-0.15, -0.1) is 35.9 Å². The predicted octanol–water partition coefficient (Wildman–Crippen LogP) is 7.74. The Morgan fingerprint density at radius 3 is 1.91 bits per heavy atom. The zero-order chi connectivity index (χ0) is 28.1. The van der Waals surface area contributed by atoms with E-state index in [0.29, 0.717) is 17.2 Å². The van der Waals surface area contributed by atoms with E-state index in [4.69, 9.17) is 14.8 Å². The maximum absolute atomic E-state index is 6.22. The Balaban J connectivity index is 0.00000329. The summed E-state index contributed by atoms with van der Waals surface area (Å²) in [6, 6.07) is 54.5. The monoisotopic (exact) mass is 735 g/mol. The molecule has 2 aromatic heterocycles. The first-order chi connectivity index (χ1) is 20.8. The van der Waals surface area contributed by atoms with E-state index >= 15 is 0 Å². The minimum atomic E-state index is 0. The average molecular weight is 736 g/mol. The number of ether oxygens (including phenoxy) is 1. The molecule has 7 rings (SSSR count). The van der Waals surface area contributed by atoms with Crippen molar-refractivity contribution < 1.29 is 30.4 Å². The number of rotatable bonds is 7. The van der Waals surface area contributed by atoms with Crippen LogP contribution in [0.25, 0.3) is 45.3 Å². The molecule has 210 valence electrons. The molecule has 0 bridgehead atoms. The van der Waals surface area contributed by atoms with Crippen LogP contribution in [0, 0.1) is 18.5 Å². The van der Waals surface area contributed by atoms with Crippen molar-refractivity contribution in [3.8, 4) is 56.8 Å². The third-order valence-corrected chi connectivity index (χ3v) is 6.71. The number of nitrogens with zero attached hydrogens (tertiary/aromatic N) is 4. The Kier molecular flexibility index (Phi) is 8.35. The van der Waals surface area contributed by atoms with Gasteiger partial charge in [-0.2, -0.15) is 16.8 Å². The van der Waals surface area contributed by atoms with Gasteiger partial charge in [-0.05, 0) is 28.1 Å². The second-order valence-corrected chi connectivity index (χ2v) is 9.58. The first kappa shape index (κ1) is 28.0. The molecule has 5 nitrogen and oxygen atoms in total. The van der Waals surface area contributed by atoms with Crippen molar-refractivity contribution in [1.82, 2.24) is 14.8 Å². The second-order valence-electron chi connectivity index (χ2n) is 9.58. The summed E-state index contributed by atoms with van der Waals surface area (Å²) in [4.78, 5) is 4.86. The predicted molar refractivity (Wildman–Crippen MR) is 162 cm³/mol. The standard InChI is InChI=1S/C37H24N4O.Pt/c1-4-13-28(14-5-1)35-23-12-24-36(38-35)30-17-10-21-33(25-30)42-34-22-11-20-32(26-34)41-27-40(31-18-8-3-9-19-31)37(39-41)29-15-6-2-7-16-29;/h1-24H;/q-2;. The molecule has 0 unspecified atom stereocenters. The molecule has 7 aromatic rings. The number of para-hydroxylation sites is 1. The minimum Gasteiger partial charge on any atom is -0.504 e. The molecule has 2 heterocycles. The number of hydrogen-bond acceptors (Lipinski definition) is 3. The minimum absolute atomic E-state index is 0. The van der Waals surface area contributed by atoms with Gasteiger partial charge in [0.05, 0.1) is 5.69 Å². The Morgan fingerprint density at radius 1 is 0.558 bits per heavy atom.